The maximum Gasteiger partial charge on any atom is 0.165 e. The summed E-state index contributed by atoms with van der Waals surface area (Å²) in [6.07, 6.45) is 3.69. The van der Waals surface area contributed by atoms with E-state index in [1.165, 1.54) is 6.07 Å². The standard InChI is InChI=1S/C11H14ClFN2/c12-8-9-3-6-15(7-4-9)11-10(13)2-1-5-14-11/h1-2,5,9H,3-4,6-8H2. The molecule has 0 aromatic carbocycles. The zero-order chi connectivity index (χ0) is 10.7. The van der Waals surface area contributed by atoms with Gasteiger partial charge in [-0.2, -0.15) is 0 Å². The second kappa shape index (κ2) is 4.79. The molecule has 0 atom stereocenters. The van der Waals surface area contributed by atoms with Crippen molar-refractivity contribution in [2.45, 2.75) is 12.8 Å². The number of hydrogen-bond donors (Lipinski definition) is 0. The van der Waals surface area contributed by atoms with Gasteiger partial charge in [-0.3, -0.25) is 0 Å². The molecule has 0 unspecified atom stereocenters. The summed E-state index contributed by atoms with van der Waals surface area (Å²) in [6, 6.07) is 3.07. The normalized spacial score (nSPS) is 18.1. The van der Waals surface area contributed by atoms with Gasteiger partial charge in [0, 0.05) is 25.2 Å². The quantitative estimate of drug-likeness (QED) is 0.724. The molecule has 82 valence electrons. The maximum atomic E-state index is 13.4. The minimum Gasteiger partial charge on any atom is -0.354 e. The Morgan fingerprint density at radius 1 is 1.47 bits per heavy atom. The molecule has 0 saturated carbocycles. The molecule has 1 saturated heterocycles. The van der Waals surface area contributed by atoms with E-state index in [0.717, 1.165) is 25.9 Å². The largest absolute Gasteiger partial charge is 0.354 e. The highest BCUT2D eigenvalue weighted by molar-refractivity contribution is 6.18. The first kappa shape index (κ1) is 10.7. The molecule has 0 N–H and O–H groups in total. The van der Waals surface area contributed by atoms with Crippen molar-refractivity contribution in [3.8, 4) is 0 Å². The van der Waals surface area contributed by atoms with Crippen LogP contribution in [0.3, 0.4) is 0 Å². The van der Waals surface area contributed by atoms with Crippen LogP contribution in [0.2, 0.25) is 0 Å². The Bertz CT molecular complexity index is 324. The first-order valence-electron chi connectivity index (χ1n) is 5.22. The summed E-state index contributed by atoms with van der Waals surface area (Å²) in [5.41, 5.74) is 0. The van der Waals surface area contributed by atoms with Gasteiger partial charge in [-0.25, -0.2) is 9.37 Å². The fourth-order valence-electron chi connectivity index (χ4n) is 1.91. The predicted octanol–water partition coefficient (Wildman–Crippen LogP) is 2.68. The highest BCUT2D eigenvalue weighted by Crippen LogP contribution is 2.23. The lowest BCUT2D eigenvalue weighted by Crippen LogP contribution is -2.35. The van der Waals surface area contributed by atoms with Crippen molar-refractivity contribution >= 4 is 17.4 Å². The highest BCUT2D eigenvalue weighted by Gasteiger charge is 2.21. The van der Waals surface area contributed by atoms with Crippen molar-refractivity contribution in [3.63, 3.8) is 0 Å². The van der Waals surface area contributed by atoms with E-state index in [2.05, 4.69) is 4.98 Å². The molecule has 15 heavy (non-hydrogen) atoms. The van der Waals surface area contributed by atoms with Gasteiger partial charge < -0.3 is 4.90 Å². The molecule has 0 spiro atoms. The van der Waals surface area contributed by atoms with Crippen LogP contribution in [0.5, 0.6) is 0 Å². The zero-order valence-electron chi connectivity index (χ0n) is 8.50. The Morgan fingerprint density at radius 3 is 2.80 bits per heavy atom. The number of anilines is 1. The molecule has 1 fully saturated rings. The smallest absolute Gasteiger partial charge is 0.165 e. The minimum absolute atomic E-state index is 0.234. The summed E-state index contributed by atoms with van der Waals surface area (Å²) >= 11 is 5.80. The van der Waals surface area contributed by atoms with Gasteiger partial charge in [-0.1, -0.05) is 0 Å². The molecule has 2 rings (SSSR count). The average molecular weight is 229 g/mol. The summed E-state index contributed by atoms with van der Waals surface area (Å²) in [5.74, 6) is 1.53. The Labute approximate surface area is 94.1 Å². The van der Waals surface area contributed by atoms with Crippen LogP contribution in [0, 0.1) is 11.7 Å². The van der Waals surface area contributed by atoms with Gasteiger partial charge in [0.05, 0.1) is 0 Å². The Morgan fingerprint density at radius 2 is 2.20 bits per heavy atom. The second-order valence-electron chi connectivity index (χ2n) is 3.89. The number of piperidine rings is 1. The van der Waals surface area contributed by atoms with E-state index in [1.807, 2.05) is 4.90 Å². The number of halogens is 2. The summed E-state index contributed by atoms with van der Waals surface area (Å²) in [7, 11) is 0. The Balaban J connectivity index is 2.04. The van der Waals surface area contributed by atoms with Crippen molar-refractivity contribution in [3.05, 3.63) is 24.1 Å². The van der Waals surface area contributed by atoms with Crippen molar-refractivity contribution in [2.75, 3.05) is 23.9 Å². The lowest BCUT2D eigenvalue weighted by atomic mass is 9.99. The van der Waals surface area contributed by atoms with E-state index in [-0.39, 0.29) is 5.82 Å². The Hall–Kier alpha value is -0.830. The molecule has 0 radical (unpaired) electrons. The Kier molecular flexibility index (Phi) is 3.41. The lowest BCUT2D eigenvalue weighted by molar-refractivity contribution is 0.436. The van der Waals surface area contributed by atoms with Gasteiger partial charge in [0.15, 0.2) is 11.6 Å². The van der Waals surface area contributed by atoms with Crippen LogP contribution in [0.25, 0.3) is 0 Å². The molecule has 1 aromatic rings. The van der Waals surface area contributed by atoms with Crippen LogP contribution in [0.15, 0.2) is 18.3 Å². The summed E-state index contributed by atoms with van der Waals surface area (Å²) in [6.45, 7) is 1.70. The predicted molar refractivity (Wildman–Crippen MR) is 59.9 cm³/mol. The third-order valence-corrected chi connectivity index (χ3v) is 3.31. The number of rotatable bonds is 2. The lowest BCUT2D eigenvalue weighted by Gasteiger charge is -2.31. The first-order valence-corrected chi connectivity index (χ1v) is 5.76. The van der Waals surface area contributed by atoms with Gasteiger partial charge in [0.1, 0.15) is 0 Å². The monoisotopic (exact) mass is 228 g/mol. The number of pyridine rings is 1. The summed E-state index contributed by atoms with van der Waals surface area (Å²) < 4.78 is 13.4. The van der Waals surface area contributed by atoms with Gasteiger partial charge in [-0.05, 0) is 30.9 Å². The third kappa shape index (κ3) is 2.40. The topological polar surface area (TPSA) is 16.1 Å². The molecule has 2 nitrogen and oxygen atoms in total. The highest BCUT2D eigenvalue weighted by atomic mass is 35.5. The molecule has 0 aliphatic carbocycles. The molecular weight excluding hydrogens is 215 g/mol. The molecule has 1 aliphatic heterocycles. The molecule has 4 heteroatoms. The van der Waals surface area contributed by atoms with Crippen LogP contribution < -0.4 is 4.90 Å². The van der Waals surface area contributed by atoms with Crippen LogP contribution in [0.1, 0.15) is 12.8 Å². The number of aromatic nitrogens is 1. The van der Waals surface area contributed by atoms with Crippen molar-refractivity contribution in [1.82, 2.24) is 4.98 Å². The number of nitrogens with zero attached hydrogens (tertiary/aromatic N) is 2. The summed E-state index contributed by atoms with van der Waals surface area (Å²) in [4.78, 5) is 6.07. The summed E-state index contributed by atoms with van der Waals surface area (Å²) in [5, 5.41) is 0. The molecule has 2 heterocycles. The van der Waals surface area contributed by atoms with Crippen LogP contribution in [-0.2, 0) is 0 Å². The van der Waals surface area contributed by atoms with Gasteiger partial charge in [-0.15, -0.1) is 11.6 Å². The molecule has 0 bridgehead atoms. The van der Waals surface area contributed by atoms with Gasteiger partial charge in [0.2, 0.25) is 0 Å². The first-order chi connectivity index (χ1) is 7.31. The van der Waals surface area contributed by atoms with Crippen molar-refractivity contribution < 1.29 is 4.39 Å². The van der Waals surface area contributed by atoms with E-state index in [1.54, 1.807) is 12.3 Å². The maximum absolute atomic E-state index is 13.4. The minimum atomic E-state index is -0.234. The number of alkyl halides is 1. The van der Waals surface area contributed by atoms with E-state index in [4.69, 9.17) is 11.6 Å². The van der Waals surface area contributed by atoms with Crippen molar-refractivity contribution in [2.24, 2.45) is 5.92 Å². The van der Waals surface area contributed by atoms with E-state index < -0.39 is 0 Å². The fourth-order valence-corrected chi connectivity index (χ4v) is 2.22. The average Bonchev–Trinajstić information content (AvgIpc) is 2.30. The van der Waals surface area contributed by atoms with E-state index in [9.17, 15) is 4.39 Å². The molecule has 1 aromatic heterocycles. The van der Waals surface area contributed by atoms with Gasteiger partial charge >= 0.3 is 0 Å². The van der Waals surface area contributed by atoms with E-state index in [0.29, 0.717) is 17.6 Å². The van der Waals surface area contributed by atoms with Crippen LogP contribution >= 0.6 is 11.6 Å². The van der Waals surface area contributed by atoms with Crippen LogP contribution in [0.4, 0.5) is 10.2 Å². The van der Waals surface area contributed by atoms with Gasteiger partial charge in [0.25, 0.3) is 0 Å². The fraction of sp³-hybridized carbons (Fsp3) is 0.545. The zero-order valence-corrected chi connectivity index (χ0v) is 9.25. The third-order valence-electron chi connectivity index (χ3n) is 2.87. The number of hydrogen-bond acceptors (Lipinski definition) is 2. The SMILES string of the molecule is Fc1cccnc1N1CCC(CCl)CC1. The second-order valence-corrected chi connectivity index (χ2v) is 4.20. The molecule has 1 aliphatic rings. The van der Waals surface area contributed by atoms with E-state index >= 15 is 0 Å². The molecular formula is C11H14ClFN2. The molecule has 0 amide bonds. The van der Waals surface area contributed by atoms with Crippen LogP contribution in [-0.4, -0.2) is 24.0 Å². The van der Waals surface area contributed by atoms with Crippen molar-refractivity contribution in [1.29, 1.82) is 0 Å².